The Kier molecular flexibility index (Phi) is 4.77. The van der Waals surface area contributed by atoms with Gasteiger partial charge in [-0.3, -0.25) is 0 Å². The van der Waals surface area contributed by atoms with Crippen LogP contribution in [-0.4, -0.2) is 54.4 Å². The zero-order valence-electron chi connectivity index (χ0n) is 11.3. The summed E-state index contributed by atoms with van der Waals surface area (Å²) in [4.78, 5) is 0.225. The van der Waals surface area contributed by atoms with Crippen molar-refractivity contribution in [1.29, 1.82) is 0 Å². The summed E-state index contributed by atoms with van der Waals surface area (Å²) in [6.07, 6.45) is -0.873. The molecule has 1 saturated heterocycles. The number of rotatable bonds is 4. The molecular weight excluding hydrogens is 280 g/mol. The predicted octanol–water partition coefficient (Wildman–Crippen LogP) is -0.262. The van der Waals surface area contributed by atoms with Crippen molar-refractivity contribution in [3.63, 3.8) is 0 Å². The highest BCUT2D eigenvalue weighted by Gasteiger charge is 2.35. The van der Waals surface area contributed by atoms with Gasteiger partial charge in [0.15, 0.2) is 6.29 Å². The highest BCUT2D eigenvalue weighted by Crippen LogP contribution is 2.19. The third-order valence-corrected chi connectivity index (χ3v) is 5.35. The molecule has 2 unspecified atom stereocenters. The number of piperazine rings is 1. The fourth-order valence-electron chi connectivity index (χ4n) is 2.31. The molecule has 1 heterocycles. The number of aliphatic hydroxyl groups is 2. The second-order valence-electron chi connectivity index (χ2n) is 4.93. The van der Waals surface area contributed by atoms with Gasteiger partial charge in [0.05, 0.1) is 10.9 Å². The Bertz CT molecular complexity index is 533. The van der Waals surface area contributed by atoms with Crippen molar-refractivity contribution in [3.05, 3.63) is 30.3 Å². The molecule has 1 aliphatic rings. The third kappa shape index (κ3) is 3.18. The van der Waals surface area contributed by atoms with Crippen LogP contribution in [0.25, 0.3) is 0 Å². The maximum absolute atomic E-state index is 12.6. The molecule has 7 heteroatoms. The summed E-state index contributed by atoms with van der Waals surface area (Å²) in [5.74, 6) is 0. The van der Waals surface area contributed by atoms with E-state index in [-0.39, 0.29) is 17.5 Å². The Morgan fingerprint density at radius 1 is 1.30 bits per heavy atom. The normalized spacial score (nSPS) is 25.0. The van der Waals surface area contributed by atoms with Crippen molar-refractivity contribution in [3.8, 4) is 0 Å². The Balaban J connectivity index is 2.26. The van der Waals surface area contributed by atoms with Gasteiger partial charge in [-0.05, 0) is 18.6 Å². The lowest BCUT2D eigenvalue weighted by Crippen LogP contribution is -2.61. The van der Waals surface area contributed by atoms with E-state index in [1.807, 2.05) is 6.92 Å². The van der Waals surface area contributed by atoms with Crippen LogP contribution >= 0.6 is 0 Å². The quantitative estimate of drug-likeness (QED) is 0.667. The van der Waals surface area contributed by atoms with Crippen LogP contribution in [0, 0.1) is 0 Å². The minimum absolute atomic E-state index is 0.0470. The number of nitrogens with one attached hydrogen (secondary N) is 1. The highest BCUT2D eigenvalue weighted by molar-refractivity contribution is 7.89. The predicted molar refractivity (Wildman–Crippen MR) is 74.4 cm³/mol. The zero-order chi connectivity index (χ0) is 14.8. The van der Waals surface area contributed by atoms with Crippen molar-refractivity contribution < 1.29 is 18.6 Å². The average Bonchev–Trinajstić information content (AvgIpc) is 2.47. The zero-order valence-corrected chi connectivity index (χ0v) is 12.1. The number of benzene rings is 1. The molecule has 0 aromatic heterocycles. The number of sulfonamides is 1. The van der Waals surface area contributed by atoms with E-state index >= 15 is 0 Å². The Morgan fingerprint density at radius 2 is 1.95 bits per heavy atom. The van der Waals surface area contributed by atoms with Crippen LogP contribution in [0.15, 0.2) is 35.2 Å². The number of hydrogen-bond acceptors (Lipinski definition) is 5. The van der Waals surface area contributed by atoms with Crippen LogP contribution in [-0.2, 0) is 10.0 Å². The fraction of sp³-hybridized carbons (Fsp3) is 0.538. The van der Waals surface area contributed by atoms with Crippen molar-refractivity contribution in [1.82, 2.24) is 9.62 Å². The van der Waals surface area contributed by atoms with Gasteiger partial charge in [-0.25, -0.2) is 8.42 Å². The molecule has 0 radical (unpaired) electrons. The van der Waals surface area contributed by atoms with Crippen LogP contribution in [0.2, 0.25) is 0 Å². The molecule has 1 aromatic carbocycles. The summed E-state index contributed by atoms with van der Waals surface area (Å²) < 4.78 is 26.4. The lowest BCUT2D eigenvalue weighted by Gasteiger charge is -2.38. The standard InChI is InChI=1S/C13H20N2O4S/c1-2-10-8-15(9-12(14-10)13(16)17)20(18,19)11-6-4-3-5-7-11/h3-7,10,12-14,16-17H,2,8-9H2,1H3. The van der Waals surface area contributed by atoms with Crippen molar-refractivity contribution in [2.75, 3.05) is 13.1 Å². The summed E-state index contributed by atoms with van der Waals surface area (Å²) in [6.45, 7) is 2.31. The smallest absolute Gasteiger partial charge is 0.243 e. The molecule has 1 fully saturated rings. The van der Waals surface area contributed by atoms with Crippen LogP contribution < -0.4 is 5.32 Å². The van der Waals surface area contributed by atoms with E-state index in [4.69, 9.17) is 0 Å². The molecule has 0 amide bonds. The van der Waals surface area contributed by atoms with Gasteiger partial charge in [0.2, 0.25) is 10.0 Å². The van der Waals surface area contributed by atoms with Crippen molar-refractivity contribution >= 4 is 10.0 Å². The summed E-state index contributed by atoms with van der Waals surface area (Å²) in [6, 6.07) is 7.42. The Hall–Kier alpha value is -0.990. The summed E-state index contributed by atoms with van der Waals surface area (Å²) in [5, 5.41) is 21.7. The second kappa shape index (κ2) is 6.19. The lowest BCUT2D eigenvalue weighted by molar-refractivity contribution is -0.0787. The van der Waals surface area contributed by atoms with Gasteiger partial charge < -0.3 is 15.5 Å². The second-order valence-corrected chi connectivity index (χ2v) is 6.86. The molecule has 112 valence electrons. The van der Waals surface area contributed by atoms with E-state index in [2.05, 4.69) is 5.32 Å². The summed E-state index contributed by atoms with van der Waals surface area (Å²) in [5.41, 5.74) is 0. The first-order chi connectivity index (χ1) is 9.45. The van der Waals surface area contributed by atoms with Crippen LogP contribution in [0.1, 0.15) is 13.3 Å². The number of hydrogen-bond donors (Lipinski definition) is 3. The monoisotopic (exact) mass is 300 g/mol. The summed E-state index contributed by atoms with van der Waals surface area (Å²) in [7, 11) is -3.60. The molecular formula is C13H20N2O4S. The fourth-order valence-corrected chi connectivity index (χ4v) is 3.85. The average molecular weight is 300 g/mol. The van der Waals surface area contributed by atoms with Gasteiger partial charge in [-0.2, -0.15) is 4.31 Å². The number of aliphatic hydroxyl groups excluding tert-OH is 1. The van der Waals surface area contributed by atoms with Gasteiger partial charge in [0.25, 0.3) is 0 Å². The van der Waals surface area contributed by atoms with Crippen molar-refractivity contribution in [2.45, 2.75) is 36.6 Å². The molecule has 1 aliphatic heterocycles. The molecule has 2 rings (SSSR count). The molecule has 0 aliphatic carbocycles. The molecule has 0 spiro atoms. The van der Waals surface area contributed by atoms with E-state index in [1.54, 1.807) is 30.3 Å². The van der Waals surface area contributed by atoms with E-state index in [0.717, 1.165) is 0 Å². The SMILES string of the molecule is CCC1CN(S(=O)(=O)c2ccccc2)CC(C(O)O)N1. The van der Waals surface area contributed by atoms with Gasteiger partial charge in [0, 0.05) is 19.1 Å². The van der Waals surface area contributed by atoms with Gasteiger partial charge in [-0.1, -0.05) is 25.1 Å². The lowest BCUT2D eigenvalue weighted by atomic mass is 10.1. The Morgan fingerprint density at radius 3 is 2.50 bits per heavy atom. The largest absolute Gasteiger partial charge is 0.367 e. The van der Waals surface area contributed by atoms with Gasteiger partial charge in [-0.15, -0.1) is 0 Å². The van der Waals surface area contributed by atoms with Crippen LogP contribution in [0.3, 0.4) is 0 Å². The number of nitrogens with zero attached hydrogens (tertiary/aromatic N) is 1. The van der Waals surface area contributed by atoms with Crippen molar-refractivity contribution in [2.24, 2.45) is 0 Å². The maximum Gasteiger partial charge on any atom is 0.243 e. The molecule has 6 nitrogen and oxygen atoms in total. The van der Waals surface area contributed by atoms with Gasteiger partial charge >= 0.3 is 0 Å². The van der Waals surface area contributed by atoms with E-state index in [9.17, 15) is 18.6 Å². The highest BCUT2D eigenvalue weighted by atomic mass is 32.2. The molecule has 2 atom stereocenters. The molecule has 0 saturated carbocycles. The molecule has 3 N–H and O–H groups in total. The third-order valence-electron chi connectivity index (χ3n) is 3.51. The van der Waals surface area contributed by atoms with Gasteiger partial charge in [0.1, 0.15) is 0 Å². The minimum Gasteiger partial charge on any atom is -0.367 e. The minimum atomic E-state index is -3.60. The first-order valence-corrected chi connectivity index (χ1v) is 8.06. The maximum atomic E-state index is 12.6. The molecule has 1 aromatic rings. The van der Waals surface area contributed by atoms with Crippen LogP contribution in [0.5, 0.6) is 0 Å². The topological polar surface area (TPSA) is 89.9 Å². The molecule has 0 bridgehead atoms. The summed E-state index contributed by atoms with van der Waals surface area (Å²) >= 11 is 0. The molecule has 20 heavy (non-hydrogen) atoms. The first kappa shape index (κ1) is 15.4. The first-order valence-electron chi connectivity index (χ1n) is 6.62. The van der Waals surface area contributed by atoms with Crippen LogP contribution in [0.4, 0.5) is 0 Å². The Labute approximate surface area is 119 Å². The van der Waals surface area contributed by atoms with E-state index in [1.165, 1.54) is 4.31 Å². The van der Waals surface area contributed by atoms with E-state index in [0.29, 0.717) is 13.0 Å². The van der Waals surface area contributed by atoms with E-state index < -0.39 is 22.4 Å².